The Balaban J connectivity index is 1.73. The lowest BCUT2D eigenvalue weighted by molar-refractivity contribution is -0.143. The van der Waals surface area contributed by atoms with Crippen LogP contribution in [0.1, 0.15) is 22.9 Å². The summed E-state index contributed by atoms with van der Waals surface area (Å²) in [6.07, 6.45) is 1.29. The van der Waals surface area contributed by atoms with Crippen molar-refractivity contribution in [3.63, 3.8) is 0 Å². The van der Waals surface area contributed by atoms with Crippen LogP contribution in [0.25, 0.3) is 0 Å². The highest BCUT2D eigenvalue weighted by Gasteiger charge is 2.38. The largest absolute Gasteiger partial charge is 0.479 e. The Hall–Kier alpha value is -2.76. The lowest BCUT2D eigenvalue weighted by Crippen LogP contribution is -2.43. The lowest BCUT2D eigenvalue weighted by Gasteiger charge is -2.31. The maximum Gasteiger partial charge on any atom is 0.411 e. The number of carboxylic acid groups (broad SMARTS) is 1. The van der Waals surface area contributed by atoms with Crippen molar-refractivity contribution in [1.82, 2.24) is 4.90 Å². The van der Waals surface area contributed by atoms with Crippen molar-refractivity contribution >= 4 is 12.1 Å². The molecule has 2 aromatic rings. The molecular formula is C16H15NO5. The second kappa shape index (κ2) is 5.93. The molecule has 0 saturated carbocycles. The molecule has 1 atom stereocenters. The molecule has 1 aromatic carbocycles. The number of hydrogen-bond acceptors (Lipinski definition) is 4. The van der Waals surface area contributed by atoms with Crippen molar-refractivity contribution in [3.8, 4) is 0 Å². The summed E-state index contributed by atoms with van der Waals surface area (Å²) in [6.45, 7) is 0.367. The van der Waals surface area contributed by atoms with Crippen molar-refractivity contribution in [1.29, 1.82) is 0 Å². The first-order chi connectivity index (χ1) is 10.7. The third-order valence-corrected chi connectivity index (χ3v) is 3.64. The van der Waals surface area contributed by atoms with E-state index < -0.39 is 18.1 Å². The molecule has 3 rings (SSSR count). The van der Waals surface area contributed by atoms with Gasteiger partial charge in [-0.25, -0.2) is 9.59 Å². The molecule has 0 radical (unpaired) electrons. The van der Waals surface area contributed by atoms with Crippen LogP contribution in [0, 0.1) is 0 Å². The summed E-state index contributed by atoms with van der Waals surface area (Å²) in [4.78, 5) is 25.0. The summed E-state index contributed by atoms with van der Waals surface area (Å²) < 4.78 is 10.5. The van der Waals surface area contributed by atoms with Crippen LogP contribution in [-0.2, 0) is 22.6 Å². The fourth-order valence-electron chi connectivity index (χ4n) is 2.58. The maximum atomic E-state index is 12.2. The van der Waals surface area contributed by atoms with E-state index >= 15 is 0 Å². The maximum absolute atomic E-state index is 12.2. The first-order valence-corrected chi connectivity index (χ1v) is 6.93. The summed E-state index contributed by atoms with van der Waals surface area (Å²) in [5.74, 6) is -0.487. The van der Waals surface area contributed by atoms with E-state index in [9.17, 15) is 14.7 Å². The number of carbonyl (C=O) groups is 2. The van der Waals surface area contributed by atoms with Crippen LogP contribution in [-0.4, -0.2) is 28.6 Å². The van der Waals surface area contributed by atoms with Crippen LogP contribution >= 0.6 is 0 Å². The van der Waals surface area contributed by atoms with Gasteiger partial charge in [-0.2, -0.15) is 0 Å². The number of nitrogens with zero attached hydrogens (tertiary/aromatic N) is 1. The van der Waals surface area contributed by atoms with E-state index in [0.717, 1.165) is 5.56 Å². The van der Waals surface area contributed by atoms with Gasteiger partial charge in [0.1, 0.15) is 12.4 Å². The Morgan fingerprint density at radius 3 is 2.77 bits per heavy atom. The second-order valence-corrected chi connectivity index (χ2v) is 5.02. The molecule has 0 bridgehead atoms. The minimum Gasteiger partial charge on any atom is -0.479 e. The molecule has 0 saturated heterocycles. The number of benzene rings is 1. The van der Waals surface area contributed by atoms with E-state index in [2.05, 4.69) is 0 Å². The number of carboxylic acids is 1. The monoisotopic (exact) mass is 301 g/mol. The summed E-state index contributed by atoms with van der Waals surface area (Å²) in [5.41, 5.74) is 1.36. The normalized spacial score (nSPS) is 16.9. The number of amides is 1. The third-order valence-electron chi connectivity index (χ3n) is 3.64. The Morgan fingerprint density at radius 2 is 2.05 bits per heavy atom. The predicted molar refractivity (Wildman–Crippen MR) is 76.1 cm³/mol. The number of fused-ring (bicyclic) bond motifs is 1. The number of ether oxygens (including phenoxy) is 1. The van der Waals surface area contributed by atoms with E-state index in [1.165, 1.54) is 11.2 Å². The van der Waals surface area contributed by atoms with E-state index in [0.29, 0.717) is 17.7 Å². The van der Waals surface area contributed by atoms with Gasteiger partial charge in [0, 0.05) is 18.5 Å². The van der Waals surface area contributed by atoms with Crippen LogP contribution in [0.15, 0.2) is 47.1 Å². The average Bonchev–Trinajstić information content (AvgIpc) is 3.00. The molecule has 1 aliphatic rings. The van der Waals surface area contributed by atoms with Crippen molar-refractivity contribution in [3.05, 3.63) is 59.5 Å². The highest BCUT2D eigenvalue weighted by Crippen LogP contribution is 2.31. The number of furan rings is 1. The van der Waals surface area contributed by atoms with Gasteiger partial charge in [0.2, 0.25) is 0 Å². The molecule has 2 heterocycles. The topological polar surface area (TPSA) is 80.0 Å². The van der Waals surface area contributed by atoms with Gasteiger partial charge in [0.25, 0.3) is 0 Å². The first-order valence-electron chi connectivity index (χ1n) is 6.93. The second-order valence-electron chi connectivity index (χ2n) is 5.02. The van der Waals surface area contributed by atoms with Gasteiger partial charge >= 0.3 is 12.1 Å². The van der Waals surface area contributed by atoms with Crippen LogP contribution in [0.2, 0.25) is 0 Å². The highest BCUT2D eigenvalue weighted by molar-refractivity contribution is 5.82. The summed E-state index contributed by atoms with van der Waals surface area (Å²) >= 11 is 0. The van der Waals surface area contributed by atoms with Crippen LogP contribution < -0.4 is 0 Å². The van der Waals surface area contributed by atoms with Gasteiger partial charge in [-0.15, -0.1) is 0 Å². The van der Waals surface area contributed by atoms with Gasteiger partial charge in [-0.3, -0.25) is 4.90 Å². The number of hydrogen-bond donors (Lipinski definition) is 1. The van der Waals surface area contributed by atoms with E-state index in [1.807, 2.05) is 30.3 Å². The molecule has 1 N–H and O–H groups in total. The molecule has 0 aliphatic carbocycles. The first kappa shape index (κ1) is 14.2. The van der Waals surface area contributed by atoms with Gasteiger partial charge in [0.15, 0.2) is 6.04 Å². The van der Waals surface area contributed by atoms with E-state index in [4.69, 9.17) is 9.15 Å². The zero-order valence-corrected chi connectivity index (χ0v) is 11.8. The molecule has 6 nitrogen and oxygen atoms in total. The van der Waals surface area contributed by atoms with Crippen molar-refractivity contribution < 1.29 is 23.8 Å². The molecule has 1 amide bonds. The van der Waals surface area contributed by atoms with E-state index in [1.54, 1.807) is 6.07 Å². The molecule has 22 heavy (non-hydrogen) atoms. The number of aliphatic carboxylic acids is 1. The average molecular weight is 301 g/mol. The van der Waals surface area contributed by atoms with Crippen molar-refractivity contribution in [2.45, 2.75) is 19.1 Å². The van der Waals surface area contributed by atoms with Gasteiger partial charge in [-0.1, -0.05) is 30.3 Å². The molecule has 1 aromatic heterocycles. The Kier molecular flexibility index (Phi) is 3.82. The van der Waals surface area contributed by atoms with Crippen molar-refractivity contribution in [2.75, 3.05) is 6.54 Å². The molecule has 1 unspecified atom stereocenters. The lowest BCUT2D eigenvalue weighted by atomic mass is 10.00. The fourth-order valence-corrected chi connectivity index (χ4v) is 2.58. The van der Waals surface area contributed by atoms with Gasteiger partial charge < -0.3 is 14.3 Å². The number of rotatable bonds is 3. The highest BCUT2D eigenvalue weighted by atomic mass is 16.6. The molecule has 114 valence electrons. The van der Waals surface area contributed by atoms with Crippen LogP contribution in [0.3, 0.4) is 0 Å². The minimum atomic E-state index is -1.10. The zero-order chi connectivity index (χ0) is 15.5. The Morgan fingerprint density at radius 1 is 1.27 bits per heavy atom. The summed E-state index contributed by atoms with van der Waals surface area (Å²) in [7, 11) is 0. The molecular weight excluding hydrogens is 286 g/mol. The molecule has 0 fully saturated rings. The van der Waals surface area contributed by atoms with E-state index in [-0.39, 0.29) is 13.2 Å². The fraction of sp³-hybridized carbons (Fsp3) is 0.250. The number of carbonyl (C=O) groups excluding carboxylic acids is 1. The molecule has 6 heteroatoms. The smallest absolute Gasteiger partial charge is 0.411 e. The summed E-state index contributed by atoms with van der Waals surface area (Å²) in [5, 5.41) is 9.42. The molecule has 0 spiro atoms. The third kappa shape index (κ3) is 2.67. The van der Waals surface area contributed by atoms with Crippen molar-refractivity contribution in [2.24, 2.45) is 0 Å². The minimum absolute atomic E-state index is 0.112. The quantitative estimate of drug-likeness (QED) is 0.942. The van der Waals surface area contributed by atoms with Crippen LogP contribution in [0.5, 0.6) is 0 Å². The zero-order valence-electron chi connectivity index (χ0n) is 11.8. The van der Waals surface area contributed by atoms with Gasteiger partial charge in [0.05, 0.1) is 6.26 Å². The SMILES string of the molecule is O=C(O)C1c2ccoc2CCN1C(=O)OCc1ccccc1. The standard InChI is InChI=1S/C16H15NO5/c18-15(19)14-12-7-9-21-13(12)6-8-17(14)16(20)22-10-11-4-2-1-3-5-11/h1-5,7,9,14H,6,8,10H2,(H,18,19). The molecule has 1 aliphatic heterocycles. The van der Waals surface area contributed by atoms with Crippen LogP contribution in [0.4, 0.5) is 4.79 Å². The summed E-state index contributed by atoms with van der Waals surface area (Å²) in [6, 6.07) is 9.77. The Bertz CT molecular complexity index is 679. The van der Waals surface area contributed by atoms with Gasteiger partial charge in [-0.05, 0) is 11.6 Å². The Labute approximate surface area is 126 Å². The predicted octanol–water partition coefficient (Wildman–Crippen LogP) is 2.60.